The number of sulfonamides is 1. The minimum Gasteiger partial charge on any atom is -0.368 e. The van der Waals surface area contributed by atoms with Crippen LogP contribution in [0.3, 0.4) is 0 Å². The van der Waals surface area contributed by atoms with Gasteiger partial charge in [0, 0.05) is 26.2 Å². The number of nitrogens with one attached hydrogen (secondary N) is 2. The van der Waals surface area contributed by atoms with Crippen LogP contribution in [-0.2, 0) is 16.6 Å². The Bertz CT molecular complexity index is 1080. The van der Waals surface area contributed by atoms with Gasteiger partial charge in [0.15, 0.2) is 0 Å². The van der Waals surface area contributed by atoms with Crippen molar-refractivity contribution in [1.29, 1.82) is 0 Å². The molecule has 2 heterocycles. The van der Waals surface area contributed by atoms with Crippen LogP contribution >= 0.6 is 12.4 Å². The molecule has 4 rings (SSSR count). The number of hydrogen-bond acceptors (Lipinski definition) is 5. The Kier molecular flexibility index (Phi) is 8.22. The van der Waals surface area contributed by atoms with Gasteiger partial charge in [0.2, 0.25) is 10.0 Å². The van der Waals surface area contributed by atoms with Crippen molar-refractivity contribution >= 4 is 28.3 Å². The first-order chi connectivity index (χ1) is 15.3. The highest BCUT2D eigenvalue weighted by Crippen LogP contribution is 2.29. The molecule has 2 N–H and O–H groups in total. The van der Waals surface area contributed by atoms with Gasteiger partial charge in [-0.3, -0.25) is 4.99 Å². The fourth-order valence-electron chi connectivity index (χ4n) is 4.61. The summed E-state index contributed by atoms with van der Waals surface area (Å²) in [5.74, 6) is 1.34. The number of aryl methyl sites for hydroxylation is 1. The SMILES string of the molecule is Cc1ccccc1CNC1=NCCNC12CCN(S(=O)(=O)c1ccc(C(C)C)cc1)CC2.Cl. The fraction of sp³-hybridized carbons (Fsp3) is 0.480. The van der Waals surface area contributed by atoms with E-state index < -0.39 is 10.0 Å². The van der Waals surface area contributed by atoms with Gasteiger partial charge in [0.05, 0.1) is 17.0 Å². The second kappa shape index (κ2) is 10.6. The van der Waals surface area contributed by atoms with Crippen LogP contribution in [0.5, 0.6) is 0 Å². The summed E-state index contributed by atoms with van der Waals surface area (Å²) in [5, 5.41) is 7.21. The molecule has 0 aliphatic carbocycles. The van der Waals surface area contributed by atoms with Gasteiger partial charge in [-0.15, -0.1) is 12.4 Å². The van der Waals surface area contributed by atoms with Crippen LogP contribution in [0, 0.1) is 6.92 Å². The molecule has 1 fully saturated rings. The molecule has 0 unspecified atom stereocenters. The minimum absolute atomic E-state index is 0. The Morgan fingerprint density at radius 2 is 1.76 bits per heavy atom. The molecule has 0 amide bonds. The van der Waals surface area contributed by atoms with Crippen molar-refractivity contribution in [3.8, 4) is 0 Å². The van der Waals surface area contributed by atoms with E-state index in [0.717, 1.165) is 31.0 Å². The van der Waals surface area contributed by atoms with E-state index in [1.165, 1.54) is 11.1 Å². The van der Waals surface area contributed by atoms with E-state index in [4.69, 9.17) is 4.99 Å². The zero-order valence-electron chi connectivity index (χ0n) is 19.7. The quantitative estimate of drug-likeness (QED) is 0.667. The zero-order chi connectivity index (χ0) is 22.8. The normalized spacial score (nSPS) is 18.6. The van der Waals surface area contributed by atoms with Crippen molar-refractivity contribution < 1.29 is 8.42 Å². The molecule has 2 aromatic rings. The molecule has 1 spiro atoms. The Morgan fingerprint density at radius 1 is 1.09 bits per heavy atom. The van der Waals surface area contributed by atoms with E-state index >= 15 is 0 Å². The van der Waals surface area contributed by atoms with Crippen molar-refractivity contribution in [2.75, 3.05) is 26.2 Å². The average Bonchev–Trinajstić information content (AvgIpc) is 2.80. The smallest absolute Gasteiger partial charge is 0.243 e. The second-order valence-corrected chi connectivity index (χ2v) is 11.1. The third kappa shape index (κ3) is 5.43. The molecular formula is C25H35ClN4O2S. The van der Waals surface area contributed by atoms with Crippen LogP contribution in [0.25, 0.3) is 0 Å². The van der Waals surface area contributed by atoms with Crippen molar-refractivity contribution in [2.45, 2.75) is 56.5 Å². The molecule has 180 valence electrons. The number of hydrogen-bond donors (Lipinski definition) is 2. The lowest BCUT2D eigenvalue weighted by atomic mass is 9.85. The Hall–Kier alpha value is -1.93. The van der Waals surface area contributed by atoms with Crippen molar-refractivity contribution in [3.63, 3.8) is 0 Å². The number of piperidine rings is 1. The van der Waals surface area contributed by atoms with E-state index in [1.807, 2.05) is 18.2 Å². The van der Waals surface area contributed by atoms with Crippen molar-refractivity contribution in [3.05, 3.63) is 65.2 Å². The van der Waals surface area contributed by atoms with Crippen molar-refractivity contribution in [1.82, 2.24) is 14.9 Å². The van der Waals surface area contributed by atoms with Gasteiger partial charge in [-0.05, 0) is 54.5 Å². The summed E-state index contributed by atoms with van der Waals surface area (Å²) in [4.78, 5) is 5.17. The average molecular weight is 491 g/mol. The number of halogens is 1. The molecule has 0 radical (unpaired) electrons. The van der Waals surface area contributed by atoms with Gasteiger partial charge in [0.1, 0.15) is 5.84 Å². The number of rotatable bonds is 5. The fourth-order valence-corrected chi connectivity index (χ4v) is 6.05. The number of benzene rings is 2. The lowest BCUT2D eigenvalue weighted by Gasteiger charge is -2.44. The Morgan fingerprint density at radius 3 is 2.39 bits per heavy atom. The highest BCUT2D eigenvalue weighted by molar-refractivity contribution is 7.89. The third-order valence-corrected chi connectivity index (χ3v) is 8.68. The largest absolute Gasteiger partial charge is 0.368 e. The molecule has 2 aromatic carbocycles. The third-order valence-electron chi connectivity index (χ3n) is 6.77. The van der Waals surface area contributed by atoms with Crippen LogP contribution < -0.4 is 10.6 Å². The van der Waals surface area contributed by atoms with Crippen LogP contribution in [0.2, 0.25) is 0 Å². The summed E-state index contributed by atoms with van der Waals surface area (Å²) in [7, 11) is -3.49. The lowest BCUT2D eigenvalue weighted by molar-refractivity contribution is 0.241. The summed E-state index contributed by atoms with van der Waals surface area (Å²) in [6, 6.07) is 15.7. The molecule has 0 atom stereocenters. The molecule has 2 aliphatic rings. The molecule has 8 heteroatoms. The topological polar surface area (TPSA) is 73.8 Å². The van der Waals surface area contributed by atoms with Crippen LogP contribution in [0.1, 0.15) is 49.3 Å². The predicted octanol–water partition coefficient (Wildman–Crippen LogP) is 3.86. The maximum Gasteiger partial charge on any atom is 0.243 e. The summed E-state index contributed by atoms with van der Waals surface area (Å²) >= 11 is 0. The molecule has 1 saturated heterocycles. The van der Waals surface area contributed by atoms with Gasteiger partial charge in [0.25, 0.3) is 0 Å². The molecule has 2 aliphatic heterocycles. The summed E-state index contributed by atoms with van der Waals surface area (Å²) in [5.41, 5.74) is 3.37. The number of amidine groups is 1. The van der Waals surface area contributed by atoms with Gasteiger partial charge >= 0.3 is 0 Å². The first-order valence-electron chi connectivity index (χ1n) is 11.5. The van der Waals surface area contributed by atoms with Gasteiger partial charge < -0.3 is 10.6 Å². The van der Waals surface area contributed by atoms with Gasteiger partial charge in [-0.1, -0.05) is 50.2 Å². The maximum atomic E-state index is 13.2. The van der Waals surface area contributed by atoms with Crippen LogP contribution in [-0.4, -0.2) is 50.3 Å². The van der Waals surface area contributed by atoms with Crippen molar-refractivity contribution in [2.24, 2.45) is 4.99 Å². The zero-order valence-corrected chi connectivity index (χ0v) is 21.3. The Balaban J connectivity index is 0.00000306. The highest BCUT2D eigenvalue weighted by Gasteiger charge is 2.43. The van der Waals surface area contributed by atoms with E-state index in [2.05, 4.69) is 49.6 Å². The second-order valence-electron chi connectivity index (χ2n) is 9.15. The molecule has 0 bridgehead atoms. The van der Waals surface area contributed by atoms with E-state index in [1.54, 1.807) is 16.4 Å². The van der Waals surface area contributed by atoms with Crippen LogP contribution in [0.15, 0.2) is 58.4 Å². The lowest BCUT2D eigenvalue weighted by Crippen LogP contribution is -2.64. The minimum atomic E-state index is -3.49. The standard InChI is InChI=1S/C25H34N4O2S.ClH/c1-19(2)21-8-10-23(11-9-21)32(30,31)29-16-12-25(13-17-29)24(26-14-15-28-25)27-18-22-7-5-4-6-20(22)3;/h4-11,19,28H,12-18H2,1-3H3,(H,26,27);1H. The van der Waals surface area contributed by atoms with E-state index in [-0.39, 0.29) is 17.9 Å². The first kappa shape index (κ1) is 25.7. The molecule has 0 saturated carbocycles. The molecule has 33 heavy (non-hydrogen) atoms. The maximum absolute atomic E-state index is 13.2. The predicted molar refractivity (Wildman–Crippen MR) is 137 cm³/mol. The highest BCUT2D eigenvalue weighted by atomic mass is 35.5. The molecule has 6 nitrogen and oxygen atoms in total. The van der Waals surface area contributed by atoms with Crippen LogP contribution in [0.4, 0.5) is 0 Å². The van der Waals surface area contributed by atoms with E-state index in [9.17, 15) is 8.42 Å². The number of nitrogens with zero attached hydrogens (tertiary/aromatic N) is 2. The molecular weight excluding hydrogens is 456 g/mol. The monoisotopic (exact) mass is 490 g/mol. The molecule has 0 aromatic heterocycles. The van der Waals surface area contributed by atoms with E-state index in [0.29, 0.717) is 36.7 Å². The summed E-state index contributed by atoms with van der Waals surface area (Å²) < 4.78 is 28.1. The van der Waals surface area contributed by atoms with Gasteiger partial charge in [-0.2, -0.15) is 4.31 Å². The van der Waals surface area contributed by atoms with Gasteiger partial charge in [-0.25, -0.2) is 8.42 Å². The summed E-state index contributed by atoms with van der Waals surface area (Å²) in [6.07, 6.45) is 1.41. The number of aliphatic imine (C=N–C) groups is 1. The summed E-state index contributed by atoms with van der Waals surface area (Å²) in [6.45, 7) is 9.57. The first-order valence-corrected chi connectivity index (χ1v) is 12.9. The Labute approximate surface area is 204 Å².